The topological polar surface area (TPSA) is 69.5 Å². The van der Waals surface area contributed by atoms with Crippen LogP contribution in [0, 0.1) is 13.8 Å². The molecule has 0 spiro atoms. The molecule has 4 rings (SSSR count). The van der Waals surface area contributed by atoms with Gasteiger partial charge in [-0.05, 0) is 37.1 Å². The van der Waals surface area contributed by atoms with Gasteiger partial charge in [0.2, 0.25) is 0 Å². The molecule has 0 bridgehead atoms. The van der Waals surface area contributed by atoms with Crippen LogP contribution in [-0.2, 0) is 40.8 Å². The van der Waals surface area contributed by atoms with Crippen molar-refractivity contribution in [1.29, 1.82) is 0 Å². The summed E-state index contributed by atoms with van der Waals surface area (Å²) in [7, 11) is -3.90. The van der Waals surface area contributed by atoms with Crippen LogP contribution in [0.25, 0.3) is 4.72 Å². The van der Waals surface area contributed by atoms with Crippen LogP contribution in [0.5, 0.6) is 0 Å². The minimum Gasteiger partial charge on any atom is -1.00 e. The van der Waals surface area contributed by atoms with Crippen LogP contribution in [0.4, 0.5) is 0 Å². The Morgan fingerprint density at radius 1 is 0.744 bits per heavy atom. The van der Waals surface area contributed by atoms with Gasteiger partial charge in [-0.2, -0.15) is 0 Å². The molecule has 0 aliphatic rings. The Hall–Kier alpha value is -2.38. The Morgan fingerprint density at radius 2 is 1.26 bits per heavy atom. The van der Waals surface area contributed by atoms with E-state index in [2.05, 4.69) is 41.2 Å². The molecule has 2 atom stereocenters. The van der Waals surface area contributed by atoms with Gasteiger partial charge < -0.3 is 27.2 Å². The zero-order valence-corrected chi connectivity index (χ0v) is 25.3. The van der Waals surface area contributed by atoms with Crippen LogP contribution in [0.3, 0.4) is 0 Å². The van der Waals surface area contributed by atoms with Gasteiger partial charge in [-0.3, -0.25) is 0 Å². The molecule has 1 N–H and O–H groups in total. The van der Waals surface area contributed by atoms with E-state index in [0.717, 1.165) is 22.3 Å². The molecule has 0 saturated heterocycles. The van der Waals surface area contributed by atoms with Crippen molar-refractivity contribution in [2.45, 2.75) is 37.4 Å². The van der Waals surface area contributed by atoms with Crippen molar-refractivity contribution in [2.75, 3.05) is 13.2 Å². The maximum atomic E-state index is 13.4. The van der Waals surface area contributed by atoms with Crippen molar-refractivity contribution < 1.29 is 45.0 Å². The average molecular weight is 650 g/mol. The van der Waals surface area contributed by atoms with E-state index in [1.54, 1.807) is 24.3 Å². The number of benzene rings is 4. The molecule has 206 valence electrons. The Balaban J connectivity index is 0.00000267. The summed E-state index contributed by atoms with van der Waals surface area (Å²) in [5, 5.41) is 3.53. The quantitative estimate of drug-likeness (QED) is 0.188. The number of rotatable bonds is 12. The van der Waals surface area contributed by atoms with E-state index in [9.17, 15) is 8.42 Å². The van der Waals surface area contributed by atoms with Crippen molar-refractivity contribution in [3.8, 4) is 0 Å². The monoisotopic (exact) mass is 650 g/mol. The standard InChI is InChI=1S/C31H33N2O3S.ClH.Ru/c1-24-13-17-26(18-14-24)23-36-22-21-32-30(27-9-5-3-6-10-27)31(28-11-7-4-8-12-28)33-37(34,35)29-19-15-25(2)16-20-29;;/h3-20,30-32H,21-23H2,1-2H3;1H;/q-1;;+2/p-1/t30-,31+;;/m0../s1. The number of sulfonamides is 1. The molecule has 0 unspecified atom stereocenters. The summed E-state index contributed by atoms with van der Waals surface area (Å²) in [6.45, 7) is 5.52. The fourth-order valence-corrected chi connectivity index (χ4v) is 5.26. The Morgan fingerprint density at radius 3 is 1.82 bits per heavy atom. The summed E-state index contributed by atoms with van der Waals surface area (Å²) in [4.78, 5) is 0.187. The number of halogens is 1. The SMILES string of the molecule is Cc1ccc(COCCN[C@@H](c2ccccc2)[C@H]([N-]S(=O)(=O)c2ccc(C)cc2)c2ccccc2)cc1.[Cl-].[Ru+2]. The van der Waals surface area contributed by atoms with Crippen molar-refractivity contribution in [3.63, 3.8) is 0 Å². The van der Waals surface area contributed by atoms with Crippen LogP contribution < -0.4 is 17.7 Å². The average Bonchev–Trinajstić information content (AvgIpc) is 2.92. The van der Waals surface area contributed by atoms with E-state index in [-0.39, 0.29) is 42.8 Å². The first kappa shape index (κ1) is 32.8. The van der Waals surface area contributed by atoms with Crippen LogP contribution >= 0.6 is 0 Å². The Kier molecular flexibility index (Phi) is 13.5. The second kappa shape index (κ2) is 16.0. The van der Waals surface area contributed by atoms with Gasteiger partial charge >= 0.3 is 19.5 Å². The molecule has 0 saturated carbocycles. The van der Waals surface area contributed by atoms with E-state index in [1.807, 2.05) is 67.6 Å². The number of nitrogens with zero attached hydrogens (tertiary/aromatic N) is 1. The molecule has 0 aliphatic carbocycles. The summed E-state index contributed by atoms with van der Waals surface area (Å²) in [6.07, 6.45) is 0. The summed E-state index contributed by atoms with van der Waals surface area (Å²) in [5.74, 6) is 0. The molecule has 0 fully saturated rings. The summed E-state index contributed by atoms with van der Waals surface area (Å²) in [6, 6.07) is 33.5. The molecular formula is C31H33ClN2O3RuS. The van der Waals surface area contributed by atoms with E-state index in [0.29, 0.717) is 19.8 Å². The van der Waals surface area contributed by atoms with Crippen molar-refractivity contribution in [3.05, 3.63) is 142 Å². The van der Waals surface area contributed by atoms with Gasteiger partial charge in [0.1, 0.15) is 10.0 Å². The third-order valence-corrected chi connectivity index (χ3v) is 7.56. The molecular weight excluding hydrogens is 617 g/mol. The third kappa shape index (κ3) is 9.64. The number of hydrogen-bond donors (Lipinski definition) is 1. The predicted molar refractivity (Wildman–Crippen MR) is 149 cm³/mol. The zero-order chi connectivity index (χ0) is 26.1. The van der Waals surface area contributed by atoms with Crippen molar-refractivity contribution in [2.24, 2.45) is 0 Å². The molecule has 0 heterocycles. The molecule has 39 heavy (non-hydrogen) atoms. The summed E-state index contributed by atoms with van der Waals surface area (Å²) >= 11 is 0. The van der Waals surface area contributed by atoms with E-state index in [1.165, 1.54) is 5.56 Å². The van der Waals surface area contributed by atoms with Crippen LogP contribution in [0.1, 0.15) is 39.9 Å². The van der Waals surface area contributed by atoms with Crippen molar-refractivity contribution >= 4 is 10.0 Å². The van der Waals surface area contributed by atoms with Gasteiger partial charge in [0.15, 0.2) is 0 Å². The van der Waals surface area contributed by atoms with Gasteiger partial charge in [-0.1, -0.05) is 120 Å². The van der Waals surface area contributed by atoms with Crippen molar-refractivity contribution in [1.82, 2.24) is 5.32 Å². The van der Waals surface area contributed by atoms with Gasteiger partial charge in [-0.15, -0.1) is 0 Å². The predicted octanol–water partition coefficient (Wildman–Crippen LogP) is 3.66. The largest absolute Gasteiger partial charge is 2.00 e. The molecule has 4 aromatic rings. The van der Waals surface area contributed by atoms with Gasteiger partial charge in [-0.25, -0.2) is 8.42 Å². The number of aryl methyl sites for hydroxylation is 2. The second-order valence-corrected chi connectivity index (χ2v) is 10.8. The van der Waals surface area contributed by atoms with Gasteiger partial charge in [0.05, 0.1) is 13.2 Å². The minimum absolute atomic E-state index is 0. The summed E-state index contributed by atoms with van der Waals surface area (Å²) in [5.41, 5.74) is 5.10. The first-order valence-electron chi connectivity index (χ1n) is 12.4. The first-order chi connectivity index (χ1) is 17.9. The van der Waals surface area contributed by atoms with Crippen LogP contribution in [0.15, 0.2) is 114 Å². The summed E-state index contributed by atoms with van der Waals surface area (Å²) < 4.78 is 37.2. The Bertz CT molecular complexity index is 1350. The molecule has 0 radical (unpaired) electrons. The Labute approximate surface area is 251 Å². The van der Waals surface area contributed by atoms with Gasteiger partial charge in [0.25, 0.3) is 0 Å². The van der Waals surface area contributed by atoms with E-state index < -0.39 is 16.1 Å². The van der Waals surface area contributed by atoms with Gasteiger partial charge in [0, 0.05) is 17.5 Å². The molecule has 5 nitrogen and oxygen atoms in total. The van der Waals surface area contributed by atoms with Crippen LogP contribution in [-0.4, -0.2) is 21.6 Å². The number of nitrogens with one attached hydrogen (secondary N) is 1. The molecule has 4 aromatic carbocycles. The van der Waals surface area contributed by atoms with Crippen LogP contribution in [0.2, 0.25) is 0 Å². The fraction of sp³-hybridized carbons (Fsp3) is 0.226. The minimum atomic E-state index is -3.90. The van der Waals surface area contributed by atoms with E-state index in [4.69, 9.17) is 4.74 Å². The smallest absolute Gasteiger partial charge is 1.00 e. The third-order valence-electron chi connectivity index (χ3n) is 6.19. The second-order valence-electron chi connectivity index (χ2n) is 9.13. The normalized spacial score (nSPS) is 12.6. The molecule has 8 heteroatoms. The molecule has 0 aromatic heterocycles. The van der Waals surface area contributed by atoms with E-state index >= 15 is 0 Å². The molecule has 0 aliphatic heterocycles. The number of ether oxygens (including phenoxy) is 1. The maximum Gasteiger partial charge on any atom is 2.00 e. The first-order valence-corrected chi connectivity index (χ1v) is 13.9. The maximum absolute atomic E-state index is 13.4. The number of hydrogen-bond acceptors (Lipinski definition) is 4. The zero-order valence-electron chi connectivity index (χ0n) is 22.0. The molecule has 0 amide bonds. The fourth-order valence-electron chi connectivity index (χ4n) is 4.12.